The second-order valence-electron chi connectivity index (χ2n) is 10.0. The van der Waals surface area contributed by atoms with Crippen LogP contribution >= 0.6 is 0 Å². The number of ether oxygens (including phenoxy) is 6. The molecule has 0 bridgehead atoms. The first kappa shape index (κ1) is 34.1. The molecule has 9 nitrogen and oxygen atoms in total. The van der Waals surface area contributed by atoms with Crippen LogP contribution in [0.4, 0.5) is 0 Å². The smallest absolute Gasteiger partial charge is 0.329 e. The van der Waals surface area contributed by atoms with Gasteiger partial charge in [-0.2, -0.15) is 0 Å². The van der Waals surface area contributed by atoms with Crippen LogP contribution in [0.25, 0.3) is 0 Å². The summed E-state index contributed by atoms with van der Waals surface area (Å²) in [5.74, 6) is -0.991. The van der Waals surface area contributed by atoms with E-state index in [1.807, 2.05) is 12.1 Å². The van der Waals surface area contributed by atoms with Gasteiger partial charge in [0.1, 0.15) is 6.61 Å². The zero-order valence-electron chi connectivity index (χ0n) is 24.2. The second kappa shape index (κ2) is 19.8. The van der Waals surface area contributed by atoms with E-state index in [4.69, 9.17) is 38.0 Å². The minimum absolute atomic E-state index is 0.0580. The second-order valence-corrected chi connectivity index (χ2v) is 14.3. The lowest BCUT2D eigenvalue weighted by Gasteiger charge is -2.43. The molecule has 1 N–H and O–H groups in total. The molecule has 0 radical (unpaired) electrons. The van der Waals surface area contributed by atoms with Crippen molar-refractivity contribution in [2.75, 3.05) is 85.9 Å². The third-order valence-corrected chi connectivity index (χ3v) is 11.1. The monoisotopic (exact) mass is 578 g/mol. The van der Waals surface area contributed by atoms with Crippen LogP contribution in [0.5, 0.6) is 0 Å². The van der Waals surface area contributed by atoms with Crippen LogP contribution in [0.2, 0.25) is 5.04 Å². The standard InChI is InChI=1S/C30H46O9Si/c1-30(2,3)40(27-10-6-4-7-11-27,28-12-8-5-9-13-28)39-25-24-37-21-20-35-17-16-33-14-15-34-18-19-36-22-23-38-26-29(31)32/h4-13H,14-26H2,1-3H3,(H,31,32). The molecule has 0 heterocycles. The molecule has 0 aliphatic rings. The summed E-state index contributed by atoms with van der Waals surface area (Å²) in [6.07, 6.45) is 0. The van der Waals surface area contributed by atoms with Crippen molar-refractivity contribution in [2.24, 2.45) is 0 Å². The number of benzene rings is 2. The fourth-order valence-corrected chi connectivity index (χ4v) is 8.82. The highest BCUT2D eigenvalue weighted by atomic mass is 28.4. The molecule has 0 fully saturated rings. The zero-order chi connectivity index (χ0) is 28.9. The number of carbonyl (C=O) groups is 1. The molecule has 0 aliphatic heterocycles. The molecular weight excluding hydrogens is 532 g/mol. The van der Waals surface area contributed by atoms with E-state index in [1.165, 1.54) is 10.4 Å². The Hall–Kier alpha value is -2.15. The number of rotatable bonds is 23. The van der Waals surface area contributed by atoms with E-state index in [1.54, 1.807) is 0 Å². The van der Waals surface area contributed by atoms with Gasteiger partial charge in [-0.3, -0.25) is 0 Å². The first-order chi connectivity index (χ1) is 19.4. The van der Waals surface area contributed by atoms with Gasteiger partial charge in [0.05, 0.1) is 79.3 Å². The van der Waals surface area contributed by atoms with Gasteiger partial charge in [0.25, 0.3) is 8.32 Å². The summed E-state index contributed by atoms with van der Waals surface area (Å²) < 4.78 is 39.2. The van der Waals surface area contributed by atoms with Crippen LogP contribution in [0.15, 0.2) is 60.7 Å². The Bertz CT molecular complexity index is 867. The van der Waals surface area contributed by atoms with E-state index < -0.39 is 14.3 Å². The Labute approximate surface area is 239 Å². The molecule has 2 aromatic carbocycles. The van der Waals surface area contributed by atoms with Crippen molar-refractivity contribution in [1.82, 2.24) is 0 Å². The first-order valence-electron chi connectivity index (χ1n) is 13.8. The minimum atomic E-state index is -2.53. The molecule has 0 amide bonds. The summed E-state index contributed by atoms with van der Waals surface area (Å²) in [7, 11) is -2.53. The predicted octanol–water partition coefficient (Wildman–Crippen LogP) is 2.75. The first-order valence-corrected chi connectivity index (χ1v) is 15.7. The zero-order valence-corrected chi connectivity index (χ0v) is 25.2. The minimum Gasteiger partial charge on any atom is -0.480 e. The van der Waals surface area contributed by atoms with Gasteiger partial charge < -0.3 is 38.0 Å². The number of hydrogen-bond acceptors (Lipinski definition) is 8. The molecule has 0 saturated heterocycles. The van der Waals surface area contributed by atoms with Gasteiger partial charge in [-0.1, -0.05) is 81.4 Å². The number of carboxylic acid groups (broad SMARTS) is 1. The Morgan fingerprint density at radius 1 is 0.575 bits per heavy atom. The fourth-order valence-electron chi connectivity index (χ4n) is 4.27. The van der Waals surface area contributed by atoms with Crippen LogP contribution in [0.3, 0.4) is 0 Å². The van der Waals surface area contributed by atoms with Gasteiger partial charge in [-0.05, 0) is 15.4 Å². The van der Waals surface area contributed by atoms with E-state index in [9.17, 15) is 4.79 Å². The molecule has 0 aliphatic carbocycles. The molecule has 0 atom stereocenters. The lowest BCUT2D eigenvalue weighted by molar-refractivity contribution is -0.142. The van der Waals surface area contributed by atoms with Gasteiger partial charge in [0.2, 0.25) is 0 Å². The van der Waals surface area contributed by atoms with Crippen molar-refractivity contribution in [1.29, 1.82) is 0 Å². The molecule has 2 rings (SSSR count). The van der Waals surface area contributed by atoms with E-state index >= 15 is 0 Å². The van der Waals surface area contributed by atoms with Gasteiger partial charge in [-0.25, -0.2) is 4.79 Å². The lowest BCUT2D eigenvalue weighted by atomic mass is 10.2. The molecule has 0 spiro atoms. The normalized spacial score (nSPS) is 12.1. The summed E-state index contributed by atoms with van der Waals surface area (Å²) >= 11 is 0. The summed E-state index contributed by atoms with van der Waals surface area (Å²) in [6.45, 7) is 11.8. The average Bonchev–Trinajstić information content (AvgIpc) is 2.94. The van der Waals surface area contributed by atoms with E-state index in [-0.39, 0.29) is 18.3 Å². The molecular formula is C30H46O9Si. The maximum absolute atomic E-state index is 10.3. The van der Waals surface area contributed by atoms with Crippen molar-refractivity contribution >= 4 is 24.7 Å². The Morgan fingerprint density at radius 2 is 0.900 bits per heavy atom. The Morgan fingerprint density at radius 3 is 1.23 bits per heavy atom. The van der Waals surface area contributed by atoms with Gasteiger partial charge in [0.15, 0.2) is 0 Å². The lowest BCUT2D eigenvalue weighted by Crippen LogP contribution is -2.66. The summed E-state index contributed by atoms with van der Waals surface area (Å²) in [5.41, 5.74) is 0. The highest BCUT2D eigenvalue weighted by Gasteiger charge is 2.49. The molecule has 0 unspecified atom stereocenters. The predicted molar refractivity (Wildman–Crippen MR) is 156 cm³/mol. The van der Waals surface area contributed by atoms with Gasteiger partial charge >= 0.3 is 5.97 Å². The van der Waals surface area contributed by atoms with Crippen LogP contribution in [-0.2, 0) is 37.6 Å². The van der Waals surface area contributed by atoms with Crippen molar-refractivity contribution in [3.05, 3.63) is 60.7 Å². The third kappa shape index (κ3) is 12.6. The van der Waals surface area contributed by atoms with E-state index in [0.717, 1.165) is 0 Å². The molecule has 2 aromatic rings. The highest BCUT2D eigenvalue weighted by Crippen LogP contribution is 2.36. The summed E-state index contributed by atoms with van der Waals surface area (Å²) in [6, 6.07) is 21.2. The van der Waals surface area contributed by atoms with Crippen molar-refractivity contribution < 1.29 is 42.7 Å². The van der Waals surface area contributed by atoms with Crippen LogP contribution < -0.4 is 10.4 Å². The molecule has 10 heteroatoms. The third-order valence-electron chi connectivity index (χ3n) is 6.05. The Kier molecular flexibility index (Phi) is 16.9. The van der Waals surface area contributed by atoms with Gasteiger partial charge in [-0.15, -0.1) is 0 Å². The Balaban J connectivity index is 1.53. The van der Waals surface area contributed by atoms with Crippen LogP contribution in [0.1, 0.15) is 20.8 Å². The average molecular weight is 579 g/mol. The maximum atomic E-state index is 10.3. The number of aliphatic carboxylic acids is 1. The van der Waals surface area contributed by atoms with Crippen LogP contribution in [0, 0.1) is 0 Å². The molecule has 224 valence electrons. The number of hydrogen-bond donors (Lipinski definition) is 1. The topological polar surface area (TPSA) is 102 Å². The van der Waals surface area contributed by atoms with Gasteiger partial charge in [0, 0.05) is 0 Å². The quantitative estimate of drug-likeness (QED) is 0.158. The molecule has 40 heavy (non-hydrogen) atoms. The fraction of sp³-hybridized carbons (Fsp3) is 0.567. The highest BCUT2D eigenvalue weighted by molar-refractivity contribution is 6.99. The maximum Gasteiger partial charge on any atom is 0.329 e. The molecule has 0 aromatic heterocycles. The molecule has 0 saturated carbocycles. The largest absolute Gasteiger partial charge is 0.480 e. The number of carboxylic acids is 1. The van der Waals surface area contributed by atoms with E-state index in [0.29, 0.717) is 72.7 Å². The van der Waals surface area contributed by atoms with Crippen molar-refractivity contribution in [2.45, 2.75) is 25.8 Å². The summed E-state index contributed by atoms with van der Waals surface area (Å²) in [4.78, 5) is 10.3. The van der Waals surface area contributed by atoms with Crippen molar-refractivity contribution in [3.8, 4) is 0 Å². The SMILES string of the molecule is CC(C)(C)[Si](OCCOCCOCCOCCOCCOCCOCC(=O)O)(c1ccccc1)c1ccccc1. The van der Waals surface area contributed by atoms with Crippen molar-refractivity contribution in [3.63, 3.8) is 0 Å². The van der Waals surface area contributed by atoms with E-state index in [2.05, 4.69) is 69.3 Å². The van der Waals surface area contributed by atoms with Crippen LogP contribution in [-0.4, -0.2) is 105 Å². The summed E-state index contributed by atoms with van der Waals surface area (Å²) in [5, 5.41) is 10.9.